The van der Waals surface area contributed by atoms with Crippen LogP contribution in [0.3, 0.4) is 0 Å². The van der Waals surface area contributed by atoms with Crippen LogP contribution < -0.4 is 15.5 Å². The Morgan fingerprint density at radius 2 is 1.55 bits per heavy atom. The fourth-order valence-electron chi connectivity index (χ4n) is 5.65. The minimum absolute atomic E-state index is 0.307. The van der Waals surface area contributed by atoms with Crippen molar-refractivity contribution in [1.82, 2.24) is 5.32 Å². The fraction of sp³-hybridized carbons (Fsp3) is 0.192. The molecule has 3 aliphatic heterocycles. The lowest BCUT2D eigenvalue weighted by molar-refractivity contribution is -0.130. The Balaban J connectivity index is 1.49. The summed E-state index contributed by atoms with van der Waals surface area (Å²) in [6, 6.07) is 21.8. The molecule has 3 heterocycles. The van der Waals surface area contributed by atoms with E-state index in [1.54, 1.807) is 6.07 Å². The molecule has 4 atom stereocenters. The molecule has 4 unspecified atom stereocenters. The number of para-hydroxylation sites is 1. The van der Waals surface area contributed by atoms with E-state index in [1.807, 2.05) is 48.5 Å². The van der Waals surface area contributed by atoms with E-state index in [1.165, 1.54) is 24.3 Å². The fourth-order valence-corrected chi connectivity index (χ4v) is 5.65. The van der Waals surface area contributed by atoms with Gasteiger partial charge in [-0.15, -0.1) is 0 Å². The summed E-state index contributed by atoms with van der Waals surface area (Å²) >= 11 is 0. The maximum atomic E-state index is 13.8. The van der Waals surface area contributed by atoms with Crippen LogP contribution in [-0.4, -0.2) is 23.8 Å². The molecular weight excluding hydrogens is 421 g/mol. The molecule has 0 saturated carbocycles. The van der Waals surface area contributed by atoms with Gasteiger partial charge in [-0.3, -0.25) is 19.7 Å². The number of carbonyl (C=O) groups is 3. The SMILES string of the molecule is O=C1C2C(Cc3ccccc3)NC3(C(=O)Nc4ccccc43)C2C(=O)N1c1ccc(F)cc1. The van der Waals surface area contributed by atoms with Crippen molar-refractivity contribution in [2.45, 2.75) is 18.0 Å². The highest BCUT2D eigenvalue weighted by atomic mass is 19.1. The van der Waals surface area contributed by atoms with Crippen LogP contribution in [0, 0.1) is 17.7 Å². The first-order chi connectivity index (χ1) is 16.0. The second kappa shape index (κ2) is 7.08. The van der Waals surface area contributed by atoms with E-state index >= 15 is 0 Å². The van der Waals surface area contributed by atoms with Crippen molar-refractivity contribution < 1.29 is 18.8 Å². The highest BCUT2D eigenvalue weighted by molar-refractivity contribution is 6.25. The number of hydrogen-bond donors (Lipinski definition) is 2. The third-order valence-corrected chi connectivity index (χ3v) is 7.01. The number of hydrogen-bond acceptors (Lipinski definition) is 4. The number of carbonyl (C=O) groups excluding carboxylic acids is 3. The van der Waals surface area contributed by atoms with Gasteiger partial charge in [0, 0.05) is 17.3 Å². The average molecular weight is 441 g/mol. The van der Waals surface area contributed by atoms with Crippen LogP contribution in [0.4, 0.5) is 15.8 Å². The molecule has 2 fully saturated rings. The predicted molar refractivity (Wildman–Crippen MR) is 120 cm³/mol. The van der Waals surface area contributed by atoms with Crippen molar-refractivity contribution >= 4 is 29.1 Å². The minimum Gasteiger partial charge on any atom is -0.324 e. The molecule has 3 amide bonds. The van der Waals surface area contributed by atoms with E-state index in [9.17, 15) is 18.8 Å². The quantitative estimate of drug-likeness (QED) is 0.613. The first-order valence-corrected chi connectivity index (χ1v) is 10.9. The Morgan fingerprint density at radius 3 is 2.30 bits per heavy atom. The van der Waals surface area contributed by atoms with Crippen molar-refractivity contribution in [1.29, 1.82) is 0 Å². The van der Waals surface area contributed by atoms with E-state index in [4.69, 9.17) is 0 Å². The first kappa shape index (κ1) is 19.8. The highest BCUT2D eigenvalue weighted by Gasteiger charge is 2.70. The molecule has 0 bridgehead atoms. The lowest BCUT2D eigenvalue weighted by atomic mass is 9.76. The topological polar surface area (TPSA) is 78.5 Å². The number of nitrogens with zero attached hydrogens (tertiary/aromatic N) is 1. The summed E-state index contributed by atoms with van der Waals surface area (Å²) in [7, 11) is 0. The standard InChI is InChI=1S/C26H20FN3O3/c27-16-10-12-17(13-11-16)30-23(31)21-20(14-15-6-2-1-3-7-15)29-26(22(21)24(30)32)18-8-4-5-9-19(18)28-25(26)33/h1-13,20-22,29H,14H2,(H,28,33). The van der Waals surface area contributed by atoms with Crippen molar-refractivity contribution in [2.24, 2.45) is 11.8 Å². The smallest absolute Gasteiger partial charge is 0.250 e. The number of nitrogens with one attached hydrogen (secondary N) is 2. The van der Waals surface area contributed by atoms with Crippen molar-refractivity contribution in [2.75, 3.05) is 10.2 Å². The molecule has 164 valence electrons. The summed E-state index contributed by atoms with van der Waals surface area (Å²) < 4.78 is 13.5. The number of imide groups is 1. The third-order valence-electron chi connectivity index (χ3n) is 7.01. The summed E-state index contributed by atoms with van der Waals surface area (Å²) in [5.41, 5.74) is 1.26. The molecule has 6 nitrogen and oxygen atoms in total. The molecule has 3 aromatic carbocycles. The van der Waals surface area contributed by atoms with E-state index < -0.39 is 35.1 Å². The molecule has 0 radical (unpaired) electrons. The number of anilines is 2. The van der Waals surface area contributed by atoms with E-state index in [0.717, 1.165) is 10.5 Å². The Morgan fingerprint density at radius 1 is 0.848 bits per heavy atom. The number of amides is 3. The molecule has 0 aliphatic carbocycles. The van der Waals surface area contributed by atoms with E-state index in [-0.39, 0.29) is 11.8 Å². The Bertz CT molecular complexity index is 1290. The van der Waals surface area contributed by atoms with Gasteiger partial charge in [-0.25, -0.2) is 9.29 Å². The van der Waals surface area contributed by atoms with Gasteiger partial charge in [-0.05, 0) is 42.3 Å². The normalized spacial score (nSPS) is 27.7. The van der Waals surface area contributed by atoms with Crippen LogP contribution in [0.1, 0.15) is 11.1 Å². The molecule has 3 aromatic rings. The number of benzene rings is 3. The highest BCUT2D eigenvalue weighted by Crippen LogP contribution is 2.53. The van der Waals surface area contributed by atoms with Crippen LogP contribution in [0.2, 0.25) is 0 Å². The van der Waals surface area contributed by atoms with Crippen molar-refractivity contribution in [3.8, 4) is 0 Å². The number of rotatable bonds is 3. The van der Waals surface area contributed by atoms with Gasteiger partial charge in [0.1, 0.15) is 11.4 Å². The third kappa shape index (κ3) is 2.72. The lowest BCUT2D eigenvalue weighted by Gasteiger charge is -2.29. The largest absolute Gasteiger partial charge is 0.324 e. The summed E-state index contributed by atoms with van der Waals surface area (Å²) in [4.78, 5) is 42.0. The van der Waals surface area contributed by atoms with Crippen LogP contribution in [0.5, 0.6) is 0 Å². The summed E-state index contributed by atoms with van der Waals surface area (Å²) in [5.74, 6) is -3.27. The van der Waals surface area contributed by atoms with Crippen LogP contribution in [0.15, 0.2) is 78.9 Å². The first-order valence-electron chi connectivity index (χ1n) is 10.9. The second-order valence-electron chi connectivity index (χ2n) is 8.74. The molecule has 7 heteroatoms. The zero-order valence-corrected chi connectivity index (χ0v) is 17.5. The summed E-state index contributed by atoms with van der Waals surface area (Å²) in [6.45, 7) is 0. The monoisotopic (exact) mass is 441 g/mol. The zero-order valence-electron chi connectivity index (χ0n) is 17.5. The van der Waals surface area contributed by atoms with Crippen LogP contribution >= 0.6 is 0 Å². The molecule has 3 aliphatic rings. The second-order valence-corrected chi connectivity index (χ2v) is 8.74. The van der Waals surface area contributed by atoms with Gasteiger partial charge in [0.25, 0.3) is 0 Å². The van der Waals surface area contributed by atoms with Gasteiger partial charge in [0.05, 0.1) is 17.5 Å². The summed E-state index contributed by atoms with van der Waals surface area (Å²) in [5, 5.41) is 6.32. The zero-order chi connectivity index (χ0) is 22.7. The Hall–Kier alpha value is -3.84. The van der Waals surface area contributed by atoms with Gasteiger partial charge in [0.2, 0.25) is 17.7 Å². The van der Waals surface area contributed by atoms with Crippen molar-refractivity contribution in [3.05, 3.63) is 95.8 Å². The van der Waals surface area contributed by atoms with Gasteiger partial charge in [0.15, 0.2) is 0 Å². The van der Waals surface area contributed by atoms with Gasteiger partial charge in [-0.2, -0.15) is 0 Å². The van der Waals surface area contributed by atoms with Crippen LogP contribution in [-0.2, 0) is 26.3 Å². The summed E-state index contributed by atoms with van der Waals surface area (Å²) in [6.07, 6.45) is 0.482. The maximum Gasteiger partial charge on any atom is 0.250 e. The lowest BCUT2D eigenvalue weighted by Crippen LogP contribution is -2.53. The average Bonchev–Trinajstić information content (AvgIpc) is 3.40. The predicted octanol–water partition coefficient (Wildman–Crippen LogP) is 2.99. The van der Waals surface area contributed by atoms with E-state index in [0.29, 0.717) is 23.4 Å². The molecule has 2 saturated heterocycles. The molecule has 0 aromatic heterocycles. The number of fused-ring (bicyclic) bond motifs is 4. The Labute approximate surface area is 189 Å². The van der Waals surface area contributed by atoms with Crippen molar-refractivity contribution in [3.63, 3.8) is 0 Å². The molecule has 1 spiro atoms. The molecule has 2 N–H and O–H groups in total. The van der Waals surface area contributed by atoms with Gasteiger partial charge < -0.3 is 5.32 Å². The van der Waals surface area contributed by atoms with E-state index in [2.05, 4.69) is 10.6 Å². The van der Waals surface area contributed by atoms with Gasteiger partial charge in [-0.1, -0.05) is 48.5 Å². The molecule has 33 heavy (non-hydrogen) atoms. The Kier molecular flexibility index (Phi) is 4.25. The number of halogens is 1. The molecule has 6 rings (SSSR count). The maximum absolute atomic E-state index is 13.8. The molecular formula is C26H20FN3O3. The van der Waals surface area contributed by atoms with Crippen LogP contribution in [0.25, 0.3) is 0 Å². The minimum atomic E-state index is -1.35. The van der Waals surface area contributed by atoms with Gasteiger partial charge >= 0.3 is 0 Å².